The van der Waals surface area contributed by atoms with E-state index in [1.807, 2.05) is 27.7 Å². The van der Waals surface area contributed by atoms with Gasteiger partial charge in [0.1, 0.15) is 0 Å². The zero-order valence-corrected chi connectivity index (χ0v) is 15.3. The van der Waals surface area contributed by atoms with Gasteiger partial charge in [-0.3, -0.25) is 0 Å². The van der Waals surface area contributed by atoms with Gasteiger partial charge in [-0.15, -0.1) is 12.8 Å². The van der Waals surface area contributed by atoms with Crippen molar-refractivity contribution in [2.24, 2.45) is 23.2 Å². The van der Waals surface area contributed by atoms with E-state index in [1.165, 1.54) is 44.9 Å². The lowest BCUT2D eigenvalue weighted by molar-refractivity contribution is 0.0554. The normalized spacial score (nSPS) is 34.1. The summed E-state index contributed by atoms with van der Waals surface area (Å²) in [4.78, 5) is 0. The minimum atomic E-state index is 0.730. The smallest absolute Gasteiger partial charge is 0.0267 e. The van der Waals surface area contributed by atoms with Gasteiger partial charge in [-0.1, -0.05) is 74.1 Å². The van der Waals surface area contributed by atoms with Crippen LogP contribution in [0, 0.1) is 36.0 Å². The molecular weight excluding hydrogens is 240 g/mol. The fraction of sp³-hybridized carbons (Fsp3) is 0.900. The van der Waals surface area contributed by atoms with Crippen LogP contribution >= 0.6 is 0 Å². The van der Waals surface area contributed by atoms with E-state index in [2.05, 4.69) is 33.6 Å². The van der Waals surface area contributed by atoms with E-state index < -0.39 is 0 Å². The average Bonchev–Trinajstić information content (AvgIpc) is 2.84. The van der Waals surface area contributed by atoms with Gasteiger partial charge in [-0.2, -0.15) is 0 Å². The summed E-state index contributed by atoms with van der Waals surface area (Å²) in [6.45, 7) is 15.4. The quantitative estimate of drug-likeness (QED) is 0.480. The Morgan fingerprint density at radius 2 is 1.55 bits per heavy atom. The molecule has 0 aromatic carbocycles. The zero-order valence-electron chi connectivity index (χ0n) is 15.3. The summed E-state index contributed by atoms with van der Waals surface area (Å²) in [7, 11) is 0. The second-order valence-electron chi connectivity index (χ2n) is 6.04. The van der Waals surface area contributed by atoms with Crippen molar-refractivity contribution >= 4 is 0 Å². The van der Waals surface area contributed by atoms with Crippen molar-refractivity contribution < 1.29 is 0 Å². The molecule has 0 heterocycles. The third-order valence-corrected chi connectivity index (χ3v) is 5.30. The van der Waals surface area contributed by atoms with E-state index in [1.54, 1.807) is 0 Å². The molecule has 20 heavy (non-hydrogen) atoms. The lowest BCUT2D eigenvalue weighted by Crippen LogP contribution is -2.35. The molecule has 0 N–H and O–H groups in total. The summed E-state index contributed by atoms with van der Waals surface area (Å²) in [6, 6.07) is 0. The van der Waals surface area contributed by atoms with Gasteiger partial charge >= 0.3 is 0 Å². The monoisotopic (exact) mass is 280 g/mol. The van der Waals surface area contributed by atoms with Crippen molar-refractivity contribution in [1.82, 2.24) is 0 Å². The molecule has 0 spiro atoms. The lowest BCUT2D eigenvalue weighted by Gasteiger charge is -2.44. The molecule has 0 radical (unpaired) electrons. The first-order chi connectivity index (χ1) is 9.68. The van der Waals surface area contributed by atoms with Crippen molar-refractivity contribution in [3.05, 3.63) is 0 Å². The highest BCUT2D eigenvalue weighted by molar-refractivity contribution is 4.98. The molecule has 0 amide bonds. The molecule has 0 aliphatic heterocycles. The predicted octanol–water partition coefficient (Wildman–Crippen LogP) is 6.94. The molecule has 0 bridgehead atoms. The highest BCUT2D eigenvalue weighted by atomic mass is 14.5. The largest absolute Gasteiger partial charge is 0.124 e. The molecule has 4 unspecified atom stereocenters. The molecule has 2 rings (SSSR count). The molecule has 2 saturated carbocycles. The number of terminal acetylenes is 1. The SMILES string of the molecule is C#C.CC.CC.CCCC1CCC2C(C)CCCC12C. The van der Waals surface area contributed by atoms with E-state index >= 15 is 0 Å². The Bertz CT molecular complexity index is 227. The molecule has 0 aromatic heterocycles. The highest BCUT2D eigenvalue weighted by Gasteiger charge is 2.49. The minimum absolute atomic E-state index is 0.730. The van der Waals surface area contributed by atoms with Gasteiger partial charge in [0.05, 0.1) is 0 Å². The van der Waals surface area contributed by atoms with Gasteiger partial charge in [0.15, 0.2) is 0 Å². The Labute approximate surface area is 130 Å². The van der Waals surface area contributed by atoms with Crippen LogP contribution in [0.4, 0.5) is 0 Å². The van der Waals surface area contributed by atoms with Crippen LogP contribution < -0.4 is 0 Å². The molecule has 2 aliphatic rings. The van der Waals surface area contributed by atoms with E-state index in [0.29, 0.717) is 0 Å². The van der Waals surface area contributed by atoms with Gasteiger partial charge in [0, 0.05) is 0 Å². The highest BCUT2D eigenvalue weighted by Crippen LogP contribution is 2.58. The number of hydrogen-bond acceptors (Lipinski definition) is 0. The molecule has 0 nitrogen and oxygen atoms in total. The van der Waals surface area contributed by atoms with E-state index in [4.69, 9.17) is 0 Å². The van der Waals surface area contributed by atoms with Crippen molar-refractivity contribution in [2.75, 3.05) is 0 Å². The average molecular weight is 281 g/mol. The van der Waals surface area contributed by atoms with Crippen LogP contribution in [0.25, 0.3) is 0 Å². The van der Waals surface area contributed by atoms with Crippen LogP contribution in [0.3, 0.4) is 0 Å². The maximum absolute atomic E-state index is 4.00. The summed E-state index contributed by atoms with van der Waals surface area (Å²) in [6.07, 6.45) is 18.4. The van der Waals surface area contributed by atoms with Crippen molar-refractivity contribution in [2.45, 2.75) is 93.4 Å². The molecule has 0 saturated heterocycles. The van der Waals surface area contributed by atoms with Gasteiger partial charge in [0.25, 0.3) is 0 Å². The molecule has 2 fully saturated rings. The first-order valence-corrected chi connectivity index (χ1v) is 9.02. The fourth-order valence-corrected chi connectivity index (χ4v) is 4.50. The topological polar surface area (TPSA) is 0 Å². The Morgan fingerprint density at radius 3 is 2.05 bits per heavy atom. The Morgan fingerprint density at radius 1 is 1.00 bits per heavy atom. The number of rotatable bonds is 2. The second kappa shape index (κ2) is 12.3. The molecule has 4 atom stereocenters. The van der Waals surface area contributed by atoms with Crippen molar-refractivity contribution in [1.29, 1.82) is 0 Å². The first kappa shape index (κ1) is 21.9. The molecule has 0 aromatic rings. The van der Waals surface area contributed by atoms with Crippen molar-refractivity contribution in [3.8, 4) is 12.8 Å². The molecule has 2 aliphatic carbocycles. The van der Waals surface area contributed by atoms with E-state index in [0.717, 1.165) is 23.2 Å². The second-order valence-corrected chi connectivity index (χ2v) is 6.04. The van der Waals surface area contributed by atoms with Gasteiger partial charge in [0.2, 0.25) is 0 Å². The summed E-state index contributed by atoms with van der Waals surface area (Å²) in [5, 5.41) is 0. The van der Waals surface area contributed by atoms with Crippen LogP contribution in [0.15, 0.2) is 0 Å². The van der Waals surface area contributed by atoms with Crippen molar-refractivity contribution in [3.63, 3.8) is 0 Å². The summed E-state index contributed by atoms with van der Waals surface area (Å²) in [5.74, 6) is 3.13. The summed E-state index contributed by atoms with van der Waals surface area (Å²) < 4.78 is 0. The van der Waals surface area contributed by atoms with Crippen LogP contribution in [-0.4, -0.2) is 0 Å². The van der Waals surface area contributed by atoms with Crippen LogP contribution in [0.2, 0.25) is 0 Å². The Balaban J connectivity index is 0. The van der Waals surface area contributed by atoms with Gasteiger partial charge in [-0.05, 0) is 42.4 Å². The summed E-state index contributed by atoms with van der Waals surface area (Å²) >= 11 is 0. The zero-order chi connectivity index (χ0) is 16.2. The minimum Gasteiger partial charge on any atom is -0.124 e. The maximum Gasteiger partial charge on any atom is -0.0267 e. The maximum atomic E-state index is 4.00. The fourth-order valence-electron chi connectivity index (χ4n) is 4.50. The number of fused-ring (bicyclic) bond motifs is 1. The van der Waals surface area contributed by atoms with Gasteiger partial charge < -0.3 is 0 Å². The third-order valence-electron chi connectivity index (χ3n) is 5.30. The molecule has 0 heteroatoms. The Kier molecular flexibility index (Phi) is 13.5. The van der Waals surface area contributed by atoms with Crippen LogP contribution in [0.1, 0.15) is 93.4 Å². The van der Waals surface area contributed by atoms with E-state index in [9.17, 15) is 0 Å². The van der Waals surface area contributed by atoms with Crippen LogP contribution in [-0.2, 0) is 0 Å². The van der Waals surface area contributed by atoms with Gasteiger partial charge in [-0.25, -0.2) is 0 Å². The van der Waals surface area contributed by atoms with Crippen LogP contribution in [0.5, 0.6) is 0 Å². The predicted molar refractivity (Wildman–Crippen MR) is 94.8 cm³/mol. The Hall–Kier alpha value is -0.440. The first-order valence-electron chi connectivity index (χ1n) is 9.02. The van der Waals surface area contributed by atoms with E-state index in [-0.39, 0.29) is 0 Å². The molecule has 120 valence electrons. The number of hydrogen-bond donors (Lipinski definition) is 0. The summed E-state index contributed by atoms with van der Waals surface area (Å²) in [5.41, 5.74) is 0.730. The standard InChI is InChI=1S/C14H26.2C2H6.C2H2/c1-4-6-12-8-9-13-11(2)7-5-10-14(12,13)3;3*1-2/h11-13H,4-10H2,1-3H3;2*1-2H3;1-2H. The lowest BCUT2D eigenvalue weighted by atomic mass is 9.61. The molecular formula is C20H40. The third kappa shape index (κ3) is 5.16.